The maximum absolute atomic E-state index is 14.2. The number of nitrogen functional groups attached to an aromatic ring is 1. The molecule has 3 nitrogen and oxygen atoms in total. The van der Waals surface area contributed by atoms with Crippen LogP contribution in [0, 0.1) is 17.1 Å². The van der Waals surface area contributed by atoms with Gasteiger partial charge >= 0.3 is 0 Å². The van der Waals surface area contributed by atoms with Gasteiger partial charge in [0.2, 0.25) is 0 Å². The highest BCUT2D eigenvalue weighted by atomic mass is 32.1. The minimum atomic E-state index is -0.368. The van der Waals surface area contributed by atoms with E-state index in [1.54, 1.807) is 12.1 Å². The van der Waals surface area contributed by atoms with E-state index in [4.69, 9.17) is 15.7 Å². The molecule has 2 N–H and O–H groups in total. The predicted octanol–water partition coefficient (Wildman–Crippen LogP) is 3.97. The lowest BCUT2D eigenvalue weighted by Gasteiger charge is -2.10. The molecule has 0 amide bonds. The van der Waals surface area contributed by atoms with Crippen LogP contribution in [0.4, 0.5) is 10.1 Å². The molecule has 0 aliphatic heterocycles. The monoisotopic (exact) mass is 290 g/mol. The number of rotatable bonds is 4. The predicted molar refractivity (Wildman–Crippen MR) is 79.4 cm³/mol. The van der Waals surface area contributed by atoms with E-state index in [0.29, 0.717) is 33.2 Å². The number of hydrogen-bond acceptors (Lipinski definition) is 4. The van der Waals surface area contributed by atoms with Gasteiger partial charge in [0.25, 0.3) is 0 Å². The second-order valence-electron chi connectivity index (χ2n) is 4.33. The summed E-state index contributed by atoms with van der Waals surface area (Å²) in [5.74, 6) is 0.0838. The van der Waals surface area contributed by atoms with Crippen molar-refractivity contribution in [2.75, 3.05) is 12.8 Å². The molecule has 20 heavy (non-hydrogen) atoms. The third-order valence-corrected chi connectivity index (χ3v) is 4.24. The molecule has 0 radical (unpaired) electrons. The summed E-state index contributed by atoms with van der Waals surface area (Å²) < 4.78 is 19.4. The maximum atomic E-state index is 14.2. The fourth-order valence-corrected chi connectivity index (χ4v) is 3.27. The van der Waals surface area contributed by atoms with Gasteiger partial charge < -0.3 is 10.5 Å². The summed E-state index contributed by atoms with van der Waals surface area (Å²) in [7, 11) is 1.50. The second-order valence-corrected chi connectivity index (χ2v) is 5.35. The topological polar surface area (TPSA) is 59.0 Å². The SMILES string of the molecule is CCCc1c(-c2c(F)cccc2OC)sc(C#N)c1N. The van der Waals surface area contributed by atoms with Crippen LogP contribution >= 0.6 is 11.3 Å². The number of ether oxygens (including phenoxy) is 1. The Morgan fingerprint density at radius 2 is 2.20 bits per heavy atom. The summed E-state index contributed by atoms with van der Waals surface area (Å²) in [6, 6.07) is 6.76. The number of benzene rings is 1. The highest BCUT2D eigenvalue weighted by Gasteiger charge is 2.21. The van der Waals surface area contributed by atoms with E-state index in [-0.39, 0.29) is 5.82 Å². The summed E-state index contributed by atoms with van der Waals surface area (Å²) in [6.07, 6.45) is 1.58. The van der Waals surface area contributed by atoms with Crippen LogP contribution in [0.5, 0.6) is 5.75 Å². The Hall–Kier alpha value is -2.06. The number of anilines is 1. The van der Waals surface area contributed by atoms with Crippen LogP contribution in [0.25, 0.3) is 10.4 Å². The minimum absolute atomic E-state index is 0.368. The zero-order valence-corrected chi connectivity index (χ0v) is 12.2. The number of thiophene rings is 1. The van der Waals surface area contributed by atoms with Gasteiger partial charge in [0, 0.05) is 4.88 Å². The van der Waals surface area contributed by atoms with E-state index < -0.39 is 0 Å². The van der Waals surface area contributed by atoms with E-state index in [1.165, 1.54) is 24.5 Å². The van der Waals surface area contributed by atoms with Crippen molar-refractivity contribution in [1.29, 1.82) is 5.26 Å². The molecule has 0 aliphatic rings. The van der Waals surface area contributed by atoms with Crippen molar-refractivity contribution in [3.05, 3.63) is 34.5 Å². The van der Waals surface area contributed by atoms with Gasteiger partial charge in [-0.1, -0.05) is 19.4 Å². The summed E-state index contributed by atoms with van der Waals surface area (Å²) >= 11 is 1.22. The molecule has 2 rings (SSSR count). The first-order valence-corrected chi connectivity index (χ1v) is 7.09. The average molecular weight is 290 g/mol. The Morgan fingerprint density at radius 1 is 1.45 bits per heavy atom. The standard InChI is InChI=1S/C15H15FN2OS/c1-3-5-9-14(18)12(8-17)20-15(9)13-10(16)6-4-7-11(13)19-2/h4,6-7H,3,5,18H2,1-2H3. The van der Waals surface area contributed by atoms with E-state index in [9.17, 15) is 4.39 Å². The van der Waals surface area contributed by atoms with Gasteiger partial charge in [-0.25, -0.2) is 4.39 Å². The minimum Gasteiger partial charge on any atom is -0.496 e. The fraction of sp³-hybridized carbons (Fsp3) is 0.267. The Labute approximate surface area is 121 Å². The fourth-order valence-electron chi connectivity index (χ4n) is 2.16. The molecule has 5 heteroatoms. The second kappa shape index (κ2) is 5.93. The first kappa shape index (κ1) is 14.4. The van der Waals surface area contributed by atoms with Crippen LogP contribution in [0.1, 0.15) is 23.8 Å². The molecule has 0 unspecified atom stereocenters. The number of methoxy groups -OCH3 is 1. The van der Waals surface area contributed by atoms with E-state index in [0.717, 1.165) is 12.0 Å². The lowest BCUT2D eigenvalue weighted by Crippen LogP contribution is -1.96. The molecule has 0 saturated heterocycles. The molecular weight excluding hydrogens is 275 g/mol. The molecule has 0 bridgehead atoms. The van der Waals surface area contributed by atoms with Crippen molar-refractivity contribution in [3.63, 3.8) is 0 Å². The van der Waals surface area contributed by atoms with Crippen LogP contribution < -0.4 is 10.5 Å². The third-order valence-electron chi connectivity index (χ3n) is 3.07. The van der Waals surface area contributed by atoms with Gasteiger partial charge in [0.1, 0.15) is 22.5 Å². The lowest BCUT2D eigenvalue weighted by molar-refractivity contribution is 0.413. The largest absolute Gasteiger partial charge is 0.496 e. The highest BCUT2D eigenvalue weighted by Crippen LogP contribution is 2.43. The van der Waals surface area contributed by atoms with Crippen molar-refractivity contribution < 1.29 is 9.13 Å². The van der Waals surface area contributed by atoms with Gasteiger partial charge in [0.05, 0.1) is 18.4 Å². The van der Waals surface area contributed by atoms with Crippen molar-refractivity contribution in [2.45, 2.75) is 19.8 Å². The Kier molecular flexibility index (Phi) is 4.26. The van der Waals surface area contributed by atoms with Gasteiger partial charge in [-0.15, -0.1) is 11.3 Å². The van der Waals surface area contributed by atoms with Crippen molar-refractivity contribution in [3.8, 4) is 22.3 Å². The van der Waals surface area contributed by atoms with Gasteiger partial charge in [-0.3, -0.25) is 0 Å². The van der Waals surface area contributed by atoms with Crippen LogP contribution in [-0.4, -0.2) is 7.11 Å². The summed E-state index contributed by atoms with van der Waals surface area (Å²) in [5.41, 5.74) is 7.68. The van der Waals surface area contributed by atoms with Crippen LogP contribution in [0.2, 0.25) is 0 Å². The van der Waals surface area contributed by atoms with E-state index in [2.05, 4.69) is 6.07 Å². The summed E-state index contributed by atoms with van der Waals surface area (Å²) in [6.45, 7) is 2.02. The van der Waals surface area contributed by atoms with Crippen molar-refractivity contribution >= 4 is 17.0 Å². The molecule has 0 saturated carbocycles. The molecule has 0 aliphatic carbocycles. The van der Waals surface area contributed by atoms with Crippen molar-refractivity contribution in [1.82, 2.24) is 0 Å². The van der Waals surface area contributed by atoms with Crippen molar-refractivity contribution in [2.24, 2.45) is 0 Å². The Morgan fingerprint density at radius 3 is 2.80 bits per heavy atom. The Bertz CT molecular complexity index is 673. The average Bonchev–Trinajstić information content (AvgIpc) is 2.76. The molecule has 0 fully saturated rings. The van der Waals surface area contributed by atoms with Crippen LogP contribution in [-0.2, 0) is 6.42 Å². The van der Waals surface area contributed by atoms with Crippen LogP contribution in [0.15, 0.2) is 18.2 Å². The first-order chi connectivity index (χ1) is 9.63. The molecule has 1 heterocycles. The Balaban J connectivity index is 2.73. The zero-order valence-electron chi connectivity index (χ0n) is 11.4. The number of hydrogen-bond donors (Lipinski definition) is 1. The number of halogens is 1. The molecular formula is C15H15FN2OS. The number of nitrogens with two attached hydrogens (primary N) is 1. The molecule has 1 aromatic carbocycles. The molecule has 0 spiro atoms. The first-order valence-electron chi connectivity index (χ1n) is 6.28. The van der Waals surface area contributed by atoms with Crippen LogP contribution in [0.3, 0.4) is 0 Å². The highest BCUT2D eigenvalue weighted by molar-refractivity contribution is 7.16. The zero-order chi connectivity index (χ0) is 14.7. The quantitative estimate of drug-likeness (QED) is 0.926. The van der Waals surface area contributed by atoms with E-state index in [1.807, 2.05) is 6.92 Å². The van der Waals surface area contributed by atoms with Gasteiger partial charge in [-0.2, -0.15) is 5.26 Å². The van der Waals surface area contributed by atoms with Gasteiger partial charge in [0.15, 0.2) is 0 Å². The van der Waals surface area contributed by atoms with Gasteiger partial charge in [-0.05, 0) is 24.1 Å². The third kappa shape index (κ3) is 2.35. The molecule has 1 aromatic heterocycles. The lowest BCUT2D eigenvalue weighted by atomic mass is 10.0. The molecule has 104 valence electrons. The smallest absolute Gasteiger partial charge is 0.135 e. The summed E-state index contributed by atoms with van der Waals surface area (Å²) in [5, 5.41) is 9.12. The summed E-state index contributed by atoms with van der Waals surface area (Å²) in [4.78, 5) is 1.12. The maximum Gasteiger partial charge on any atom is 0.135 e. The number of nitriles is 1. The number of nitrogens with zero attached hydrogens (tertiary/aromatic N) is 1. The molecule has 0 atom stereocenters. The molecule has 2 aromatic rings. The van der Waals surface area contributed by atoms with E-state index >= 15 is 0 Å². The normalized spacial score (nSPS) is 10.3.